The van der Waals surface area contributed by atoms with Crippen LogP contribution < -0.4 is 0 Å². The summed E-state index contributed by atoms with van der Waals surface area (Å²) in [6.45, 7) is 9.95. The summed E-state index contributed by atoms with van der Waals surface area (Å²) in [6.07, 6.45) is 0. The maximum Gasteiger partial charge on any atom is 0.147 e. The van der Waals surface area contributed by atoms with E-state index in [1.165, 1.54) is 23.5 Å². The van der Waals surface area contributed by atoms with Gasteiger partial charge < -0.3 is 0 Å². The first-order chi connectivity index (χ1) is 10.2. The van der Waals surface area contributed by atoms with Crippen molar-refractivity contribution in [3.63, 3.8) is 0 Å². The highest BCUT2D eigenvalue weighted by atomic mass is 32.1. The van der Waals surface area contributed by atoms with Crippen LogP contribution in [0.25, 0.3) is 10.6 Å². The normalized spacial score (nSPS) is 13.4. The first kappa shape index (κ1) is 16.8. The van der Waals surface area contributed by atoms with Crippen molar-refractivity contribution in [1.29, 1.82) is 0 Å². The second-order valence-electron chi connectivity index (χ2n) is 6.57. The Hall–Kier alpha value is -1.55. The van der Waals surface area contributed by atoms with Crippen LogP contribution in [0.2, 0.25) is 0 Å². The third-order valence-electron chi connectivity index (χ3n) is 4.27. The molecule has 2 aromatic rings. The van der Waals surface area contributed by atoms with E-state index in [0.29, 0.717) is 5.92 Å². The summed E-state index contributed by atoms with van der Waals surface area (Å²) in [6, 6.07) is 6.27. The molecule has 4 heteroatoms. The average Bonchev–Trinajstić information content (AvgIpc) is 2.96. The van der Waals surface area contributed by atoms with Crippen LogP contribution in [0.5, 0.6) is 0 Å². The van der Waals surface area contributed by atoms with Crippen molar-refractivity contribution in [2.24, 2.45) is 11.8 Å². The van der Waals surface area contributed by atoms with Gasteiger partial charge in [0.05, 0.1) is 11.1 Å². The summed E-state index contributed by atoms with van der Waals surface area (Å²) < 4.78 is 13.0. The highest BCUT2D eigenvalue weighted by molar-refractivity contribution is 7.13. The zero-order chi connectivity index (χ0) is 16.5. The van der Waals surface area contributed by atoms with Gasteiger partial charge in [-0.15, -0.1) is 11.3 Å². The quantitative estimate of drug-likeness (QED) is 0.768. The van der Waals surface area contributed by atoms with Crippen molar-refractivity contribution in [2.75, 3.05) is 0 Å². The van der Waals surface area contributed by atoms with Gasteiger partial charge in [-0.1, -0.05) is 20.8 Å². The second-order valence-corrected chi connectivity index (χ2v) is 7.42. The Bertz CT molecular complexity index is 658. The van der Waals surface area contributed by atoms with Crippen LogP contribution in [0.15, 0.2) is 29.6 Å². The number of hydrogen-bond acceptors (Lipinski definition) is 3. The molecule has 0 aliphatic rings. The number of Topliss-reactive ketones (excluding diaryl/α,β-unsaturated/α-hetero) is 1. The second kappa shape index (κ2) is 6.29. The van der Waals surface area contributed by atoms with Crippen LogP contribution >= 0.6 is 11.3 Å². The van der Waals surface area contributed by atoms with Crippen molar-refractivity contribution < 1.29 is 9.18 Å². The third-order valence-corrected chi connectivity index (χ3v) is 5.16. The third kappa shape index (κ3) is 3.27. The van der Waals surface area contributed by atoms with Gasteiger partial charge in [-0.25, -0.2) is 9.37 Å². The first-order valence-corrected chi connectivity index (χ1v) is 8.37. The lowest BCUT2D eigenvalue weighted by Crippen LogP contribution is -2.36. The summed E-state index contributed by atoms with van der Waals surface area (Å²) in [4.78, 5) is 17.3. The zero-order valence-electron chi connectivity index (χ0n) is 13.7. The Balaban J connectivity index is 2.30. The van der Waals surface area contributed by atoms with E-state index in [2.05, 4.69) is 18.8 Å². The molecule has 0 aliphatic heterocycles. The Morgan fingerprint density at radius 2 is 1.77 bits per heavy atom. The predicted octanol–water partition coefficient (Wildman–Crippen LogP) is 5.09. The van der Waals surface area contributed by atoms with E-state index in [0.717, 1.165) is 16.3 Å². The van der Waals surface area contributed by atoms with Crippen LogP contribution in [-0.4, -0.2) is 10.8 Å². The lowest BCUT2D eigenvalue weighted by Gasteiger charge is -2.26. The van der Waals surface area contributed by atoms with E-state index in [9.17, 15) is 9.18 Å². The van der Waals surface area contributed by atoms with Gasteiger partial charge in [0.15, 0.2) is 0 Å². The summed E-state index contributed by atoms with van der Waals surface area (Å²) in [5, 5.41) is 2.75. The molecular formula is C18H22FNOS. The number of thiazole rings is 1. The summed E-state index contributed by atoms with van der Waals surface area (Å²) >= 11 is 1.49. The minimum atomic E-state index is -0.613. The Kier molecular flexibility index (Phi) is 4.81. The molecule has 22 heavy (non-hydrogen) atoms. The lowest BCUT2D eigenvalue weighted by atomic mass is 9.76. The fourth-order valence-corrected chi connectivity index (χ4v) is 3.28. The highest BCUT2D eigenvalue weighted by Crippen LogP contribution is 2.33. The molecule has 0 bridgehead atoms. The summed E-state index contributed by atoms with van der Waals surface area (Å²) in [5.41, 5.74) is 1.05. The number of benzene rings is 1. The van der Waals surface area contributed by atoms with Crippen molar-refractivity contribution in [1.82, 2.24) is 4.98 Å². The van der Waals surface area contributed by atoms with E-state index in [4.69, 9.17) is 0 Å². The summed E-state index contributed by atoms with van der Waals surface area (Å²) in [7, 11) is 0. The molecule has 1 aromatic heterocycles. The number of ketones is 1. The molecule has 1 atom stereocenters. The number of carbonyl (C=O) groups is 1. The fourth-order valence-electron chi connectivity index (χ4n) is 2.28. The molecule has 2 nitrogen and oxygen atoms in total. The van der Waals surface area contributed by atoms with E-state index in [1.54, 1.807) is 12.1 Å². The van der Waals surface area contributed by atoms with Crippen LogP contribution in [-0.2, 0) is 10.2 Å². The highest BCUT2D eigenvalue weighted by Gasteiger charge is 2.36. The molecule has 0 amide bonds. The number of nitrogens with zero attached hydrogens (tertiary/aromatic N) is 1. The smallest absolute Gasteiger partial charge is 0.147 e. The number of aromatic nitrogens is 1. The molecule has 0 aliphatic carbocycles. The fraction of sp³-hybridized carbons (Fsp3) is 0.444. The summed E-state index contributed by atoms with van der Waals surface area (Å²) in [5.74, 6) is 0.244. The van der Waals surface area contributed by atoms with Crippen molar-refractivity contribution >= 4 is 17.1 Å². The number of halogens is 1. The number of carbonyl (C=O) groups excluding carboxylic acids is 1. The maximum atomic E-state index is 13.0. The molecule has 2 rings (SSSR count). The van der Waals surface area contributed by atoms with E-state index in [1.807, 2.05) is 26.2 Å². The van der Waals surface area contributed by atoms with Crippen LogP contribution in [0.3, 0.4) is 0 Å². The topological polar surface area (TPSA) is 30.0 Å². The molecule has 0 saturated heterocycles. The Morgan fingerprint density at radius 3 is 2.32 bits per heavy atom. The first-order valence-electron chi connectivity index (χ1n) is 7.49. The maximum absolute atomic E-state index is 13.0. The van der Waals surface area contributed by atoms with Gasteiger partial charge in [-0.05, 0) is 44.0 Å². The number of rotatable bonds is 5. The van der Waals surface area contributed by atoms with Gasteiger partial charge in [0, 0.05) is 16.9 Å². The zero-order valence-corrected chi connectivity index (χ0v) is 14.5. The molecule has 1 aromatic carbocycles. The van der Waals surface area contributed by atoms with Crippen molar-refractivity contribution in [2.45, 2.75) is 40.0 Å². The minimum absolute atomic E-state index is 0.00836. The van der Waals surface area contributed by atoms with E-state index in [-0.39, 0.29) is 17.5 Å². The molecule has 118 valence electrons. The molecule has 0 saturated carbocycles. The van der Waals surface area contributed by atoms with Crippen LogP contribution in [0.1, 0.15) is 40.3 Å². The largest absolute Gasteiger partial charge is 0.298 e. The standard InChI is InChI=1S/C18H22FNOS/c1-11(2)12(3)16(21)18(4,5)15-10-22-17(20-15)13-6-8-14(19)9-7-13/h6-12H,1-5H3. The van der Waals surface area contributed by atoms with Gasteiger partial charge >= 0.3 is 0 Å². The van der Waals surface area contributed by atoms with Gasteiger partial charge in [-0.2, -0.15) is 0 Å². The van der Waals surface area contributed by atoms with Gasteiger partial charge in [0.2, 0.25) is 0 Å². The van der Waals surface area contributed by atoms with E-state index < -0.39 is 5.41 Å². The van der Waals surface area contributed by atoms with Gasteiger partial charge in [-0.3, -0.25) is 4.79 Å². The van der Waals surface area contributed by atoms with E-state index >= 15 is 0 Å². The molecular weight excluding hydrogens is 297 g/mol. The molecule has 1 unspecified atom stereocenters. The monoisotopic (exact) mass is 319 g/mol. The molecule has 0 radical (unpaired) electrons. The minimum Gasteiger partial charge on any atom is -0.298 e. The molecule has 0 spiro atoms. The van der Waals surface area contributed by atoms with Crippen molar-refractivity contribution in [3.8, 4) is 10.6 Å². The number of hydrogen-bond donors (Lipinski definition) is 0. The van der Waals surface area contributed by atoms with Crippen LogP contribution in [0.4, 0.5) is 4.39 Å². The van der Waals surface area contributed by atoms with Crippen LogP contribution in [0, 0.1) is 17.7 Å². The Morgan fingerprint density at radius 1 is 1.18 bits per heavy atom. The molecule has 0 fully saturated rings. The van der Waals surface area contributed by atoms with Gasteiger partial charge in [0.1, 0.15) is 16.6 Å². The average molecular weight is 319 g/mol. The SMILES string of the molecule is CC(C)C(C)C(=O)C(C)(C)c1csc(-c2ccc(F)cc2)n1. The molecule has 0 N–H and O–H groups in total. The Labute approximate surface area is 135 Å². The lowest BCUT2D eigenvalue weighted by molar-refractivity contribution is -0.128. The molecule has 1 heterocycles. The van der Waals surface area contributed by atoms with Crippen molar-refractivity contribution in [3.05, 3.63) is 41.2 Å². The van der Waals surface area contributed by atoms with Gasteiger partial charge in [0.25, 0.3) is 0 Å². The predicted molar refractivity (Wildman–Crippen MR) is 89.5 cm³/mol.